The fourth-order valence-electron chi connectivity index (χ4n) is 2.43. The largest absolute Gasteiger partial charge is 0.410 e. The molecule has 126 valence electrons. The quantitative estimate of drug-likeness (QED) is 0.784. The first-order chi connectivity index (χ1) is 10.7. The van der Waals surface area contributed by atoms with Crippen molar-refractivity contribution in [3.8, 4) is 0 Å². The summed E-state index contributed by atoms with van der Waals surface area (Å²) in [7, 11) is 0. The number of rotatable bonds is 3. The monoisotopic (exact) mass is 347 g/mol. The number of hydrogen-bond acceptors (Lipinski definition) is 4. The Morgan fingerprint density at radius 2 is 2.17 bits per heavy atom. The Morgan fingerprint density at radius 3 is 2.70 bits per heavy atom. The maximum absolute atomic E-state index is 13.3. The van der Waals surface area contributed by atoms with Gasteiger partial charge in [0.25, 0.3) is 0 Å². The first-order valence-corrected chi connectivity index (χ1v) is 7.73. The van der Waals surface area contributed by atoms with Crippen LogP contribution in [-0.4, -0.2) is 58.5 Å². The number of nitrogens with zero attached hydrogens (tertiary/aromatic N) is 3. The van der Waals surface area contributed by atoms with E-state index in [9.17, 15) is 22.8 Å². The summed E-state index contributed by atoms with van der Waals surface area (Å²) in [5.74, 6) is -1.17. The number of halogens is 3. The smallest absolute Gasteiger partial charge is 0.335 e. The minimum Gasteiger partial charge on any atom is -0.335 e. The van der Waals surface area contributed by atoms with Gasteiger partial charge in [-0.1, -0.05) is 6.58 Å². The maximum atomic E-state index is 13.3. The number of thiazole rings is 1. The van der Waals surface area contributed by atoms with Crippen LogP contribution < -0.4 is 0 Å². The summed E-state index contributed by atoms with van der Waals surface area (Å²) >= 11 is 1.28. The van der Waals surface area contributed by atoms with Crippen molar-refractivity contribution in [2.75, 3.05) is 19.6 Å². The van der Waals surface area contributed by atoms with Gasteiger partial charge in [-0.3, -0.25) is 9.59 Å². The zero-order chi connectivity index (χ0) is 17.2. The second kappa shape index (κ2) is 6.69. The summed E-state index contributed by atoms with van der Waals surface area (Å²) < 4.78 is 39.8. The van der Waals surface area contributed by atoms with Crippen LogP contribution in [0, 0.1) is 6.92 Å². The van der Waals surface area contributed by atoms with Gasteiger partial charge in [0, 0.05) is 24.2 Å². The lowest BCUT2D eigenvalue weighted by atomic mass is 10.1. The lowest BCUT2D eigenvalue weighted by Crippen LogP contribution is -2.61. The predicted molar refractivity (Wildman–Crippen MR) is 78.9 cm³/mol. The van der Waals surface area contributed by atoms with Gasteiger partial charge in [0.15, 0.2) is 0 Å². The average Bonchev–Trinajstić information content (AvgIpc) is 2.90. The summed E-state index contributed by atoms with van der Waals surface area (Å²) in [6, 6.07) is -2.00. The van der Waals surface area contributed by atoms with Crippen LogP contribution in [-0.2, 0) is 16.0 Å². The lowest BCUT2D eigenvalue weighted by molar-refractivity contribution is -0.201. The third-order valence-electron chi connectivity index (χ3n) is 3.56. The molecule has 0 saturated carbocycles. The van der Waals surface area contributed by atoms with Gasteiger partial charge in [-0.25, -0.2) is 4.98 Å². The van der Waals surface area contributed by atoms with Gasteiger partial charge in [0.2, 0.25) is 11.8 Å². The number of amides is 2. The first-order valence-electron chi connectivity index (χ1n) is 6.91. The number of alkyl halides is 3. The summed E-state index contributed by atoms with van der Waals surface area (Å²) in [4.78, 5) is 30.3. The van der Waals surface area contributed by atoms with Crippen molar-refractivity contribution < 1.29 is 22.8 Å². The molecule has 0 radical (unpaired) electrons. The van der Waals surface area contributed by atoms with Gasteiger partial charge in [0.05, 0.1) is 18.0 Å². The van der Waals surface area contributed by atoms with E-state index >= 15 is 0 Å². The molecular weight excluding hydrogens is 331 g/mol. The molecule has 2 amide bonds. The van der Waals surface area contributed by atoms with E-state index in [0.29, 0.717) is 4.88 Å². The van der Waals surface area contributed by atoms with Gasteiger partial charge in [-0.15, -0.1) is 11.3 Å². The van der Waals surface area contributed by atoms with Gasteiger partial charge in [0.1, 0.15) is 6.04 Å². The fourth-order valence-corrected chi connectivity index (χ4v) is 3.21. The van der Waals surface area contributed by atoms with Crippen LogP contribution in [0.1, 0.15) is 9.88 Å². The highest BCUT2D eigenvalue weighted by atomic mass is 32.1. The maximum Gasteiger partial charge on any atom is 0.410 e. The third-order valence-corrected chi connectivity index (χ3v) is 4.47. The Bertz CT molecular complexity index is 615. The van der Waals surface area contributed by atoms with Crippen molar-refractivity contribution in [2.45, 2.75) is 25.6 Å². The molecule has 1 aliphatic rings. The van der Waals surface area contributed by atoms with Crippen LogP contribution in [0.25, 0.3) is 0 Å². The van der Waals surface area contributed by atoms with Crippen molar-refractivity contribution in [1.82, 2.24) is 14.8 Å². The standard InChI is InChI=1S/C14H16F3N3O2S/c1-3-12(21)19-4-5-20(11(8-19)14(15,16)17)13(22)6-10-7-18-9(2)23-10/h3,7,11H,1,4-6,8H2,2H3. The Balaban J connectivity index is 2.14. The second-order valence-electron chi connectivity index (χ2n) is 5.16. The van der Waals surface area contributed by atoms with Gasteiger partial charge in [-0.2, -0.15) is 13.2 Å². The Morgan fingerprint density at radius 1 is 1.48 bits per heavy atom. The molecule has 1 aliphatic heterocycles. The number of carbonyl (C=O) groups is 2. The average molecular weight is 347 g/mol. The van der Waals surface area contributed by atoms with E-state index in [2.05, 4.69) is 11.6 Å². The van der Waals surface area contributed by atoms with Crippen molar-refractivity contribution in [3.05, 3.63) is 28.7 Å². The summed E-state index contributed by atoms with van der Waals surface area (Å²) in [5.41, 5.74) is 0. The Hall–Kier alpha value is -1.90. The molecule has 0 N–H and O–H groups in total. The van der Waals surface area contributed by atoms with Gasteiger partial charge in [-0.05, 0) is 13.0 Å². The van der Waals surface area contributed by atoms with E-state index in [1.807, 2.05) is 0 Å². The number of piperazine rings is 1. The van der Waals surface area contributed by atoms with Crippen molar-refractivity contribution >= 4 is 23.2 Å². The number of aromatic nitrogens is 1. The molecule has 1 saturated heterocycles. The molecule has 1 atom stereocenters. The molecule has 23 heavy (non-hydrogen) atoms. The third kappa shape index (κ3) is 4.10. The number of aryl methyl sites for hydroxylation is 1. The molecule has 1 aromatic rings. The van der Waals surface area contributed by atoms with Crippen LogP contribution in [0.5, 0.6) is 0 Å². The molecule has 1 fully saturated rings. The van der Waals surface area contributed by atoms with E-state index in [-0.39, 0.29) is 19.5 Å². The molecule has 0 aromatic carbocycles. The van der Waals surface area contributed by atoms with Crippen LogP contribution in [0.4, 0.5) is 13.2 Å². The Labute approximate surface area is 135 Å². The van der Waals surface area contributed by atoms with E-state index in [0.717, 1.165) is 20.9 Å². The normalized spacial score (nSPS) is 18.9. The highest BCUT2D eigenvalue weighted by Gasteiger charge is 2.48. The van der Waals surface area contributed by atoms with Crippen molar-refractivity contribution in [2.24, 2.45) is 0 Å². The Kier molecular flexibility index (Phi) is 5.08. The second-order valence-corrected chi connectivity index (χ2v) is 6.47. The molecule has 1 unspecified atom stereocenters. The molecular formula is C14H16F3N3O2S. The molecule has 1 aromatic heterocycles. The van der Waals surface area contributed by atoms with Crippen LogP contribution in [0.3, 0.4) is 0 Å². The molecule has 2 rings (SSSR count). The number of carbonyl (C=O) groups excluding carboxylic acids is 2. The lowest BCUT2D eigenvalue weighted by Gasteiger charge is -2.41. The summed E-state index contributed by atoms with van der Waals surface area (Å²) in [5, 5.41) is 0.751. The van der Waals surface area contributed by atoms with Crippen molar-refractivity contribution in [1.29, 1.82) is 0 Å². The topological polar surface area (TPSA) is 53.5 Å². The van der Waals surface area contributed by atoms with Gasteiger partial charge >= 0.3 is 6.18 Å². The van der Waals surface area contributed by atoms with E-state index in [1.165, 1.54) is 17.5 Å². The zero-order valence-electron chi connectivity index (χ0n) is 12.5. The van der Waals surface area contributed by atoms with Crippen LogP contribution in [0.2, 0.25) is 0 Å². The minimum atomic E-state index is -4.60. The van der Waals surface area contributed by atoms with E-state index in [1.54, 1.807) is 6.92 Å². The van der Waals surface area contributed by atoms with E-state index < -0.39 is 30.6 Å². The van der Waals surface area contributed by atoms with Crippen LogP contribution >= 0.6 is 11.3 Å². The molecule has 0 aliphatic carbocycles. The van der Waals surface area contributed by atoms with Crippen molar-refractivity contribution in [3.63, 3.8) is 0 Å². The molecule has 2 heterocycles. The van der Waals surface area contributed by atoms with Gasteiger partial charge < -0.3 is 9.80 Å². The molecule has 0 bridgehead atoms. The minimum absolute atomic E-state index is 0.0604. The summed E-state index contributed by atoms with van der Waals surface area (Å²) in [6.07, 6.45) is -2.24. The number of hydrogen-bond donors (Lipinski definition) is 0. The summed E-state index contributed by atoms with van der Waals surface area (Å²) in [6.45, 7) is 4.38. The fraction of sp³-hybridized carbons (Fsp3) is 0.500. The highest BCUT2D eigenvalue weighted by molar-refractivity contribution is 7.11. The molecule has 5 nitrogen and oxygen atoms in total. The molecule has 9 heteroatoms. The zero-order valence-corrected chi connectivity index (χ0v) is 13.3. The SMILES string of the molecule is C=CC(=O)N1CCN(C(=O)Cc2cnc(C)s2)C(C(F)(F)F)C1. The van der Waals surface area contributed by atoms with E-state index in [4.69, 9.17) is 0 Å². The predicted octanol–water partition coefficient (Wildman–Crippen LogP) is 1.78. The highest BCUT2D eigenvalue weighted by Crippen LogP contribution is 2.29. The van der Waals surface area contributed by atoms with Crippen LogP contribution in [0.15, 0.2) is 18.9 Å². The first kappa shape index (κ1) is 17.5. The molecule has 0 spiro atoms.